The number of nitrogens with zero attached hydrogens (tertiary/aromatic N) is 1. The molecular weight excluding hydrogens is 393 g/mol. The molecule has 0 bridgehead atoms. The summed E-state index contributed by atoms with van der Waals surface area (Å²) in [5, 5.41) is 10.1. The number of hydrogen-bond acceptors (Lipinski definition) is 4. The zero-order valence-electron chi connectivity index (χ0n) is 16.4. The van der Waals surface area contributed by atoms with Crippen LogP contribution in [0.4, 0.5) is 4.39 Å². The van der Waals surface area contributed by atoms with Crippen LogP contribution in [0.5, 0.6) is 0 Å². The first kappa shape index (κ1) is 22.7. The van der Waals surface area contributed by atoms with Gasteiger partial charge in [-0.15, -0.1) is 0 Å². The quantitative estimate of drug-likeness (QED) is 0.327. The molecule has 1 unspecified atom stereocenters. The molecule has 1 aromatic carbocycles. The summed E-state index contributed by atoms with van der Waals surface area (Å²) in [5.74, 6) is -2.03. The fraction of sp³-hybridized carbons (Fsp3) is 0.364. The summed E-state index contributed by atoms with van der Waals surface area (Å²) < 4.78 is 38.0. The summed E-state index contributed by atoms with van der Waals surface area (Å²) in [5.41, 5.74) is 0.500. The molecule has 1 N–H and O–H groups in total. The van der Waals surface area contributed by atoms with Crippen LogP contribution in [0.1, 0.15) is 44.6 Å². The van der Waals surface area contributed by atoms with E-state index in [0.717, 1.165) is 49.9 Å². The molecule has 0 saturated heterocycles. The molecule has 1 atom stereocenters. The fourth-order valence-electron chi connectivity index (χ4n) is 3.13. The Kier molecular flexibility index (Phi) is 8.08. The molecule has 0 amide bonds. The lowest BCUT2D eigenvalue weighted by Gasteiger charge is -2.28. The van der Waals surface area contributed by atoms with Gasteiger partial charge < -0.3 is 5.11 Å². The third-order valence-electron chi connectivity index (χ3n) is 4.83. The second-order valence-corrected chi connectivity index (χ2v) is 9.23. The average molecular weight is 420 g/mol. The van der Waals surface area contributed by atoms with Gasteiger partial charge in [0.05, 0.1) is 4.90 Å². The Hall–Kier alpha value is -2.54. The van der Waals surface area contributed by atoms with Crippen LogP contribution in [0.25, 0.3) is 0 Å². The molecule has 0 radical (unpaired) electrons. The van der Waals surface area contributed by atoms with Crippen molar-refractivity contribution in [1.29, 1.82) is 0 Å². The molecule has 1 aromatic heterocycles. The maximum absolute atomic E-state index is 13.4. The Morgan fingerprint density at radius 1 is 1.17 bits per heavy atom. The summed E-state index contributed by atoms with van der Waals surface area (Å²) in [4.78, 5) is 16.1. The number of carboxylic acid groups (broad SMARTS) is 1. The van der Waals surface area contributed by atoms with Gasteiger partial charge in [-0.3, -0.25) is 9.78 Å². The van der Waals surface area contributed by atoms with Gasteiger partial charge in [0.25, 0.3) is 0 Å². The number of rotatable bonds is 11. The number of carboxylic acids is 1. The lowest BCUT2D eigenvalue weighted by atomic mass is 9.95. The molecule has 0 fully saturated rings. The summed E-state index contributed by atoms with van der Waals surface area (Å²) in [6, 6.07) is 7.53. The van der Waals surface area contributed by atoms with Gasteiger partial charge in [-0.2, -0.15) is 0 Å². The van der Waals surface area contributed by atoms with Crippen molar-refractivity contribution in [3.05, 3.63) is 72.3 Å². The highest BCUT2D eigenvalue weighted by Crippen LogP contribution is 2.34. The normalized spacial score (nSPS) is 14.0. The number of aromatic nitrogens is 1. The molecule has 0 saturated carbocycles. The molecule has 0 spiro atoms. The second kappa shape index (κ2) is 10.3. The van der Waals surface area contributed by atoms with Gasteiger partial charge >= 0.3 is 5.97 Å². The minimum atomic E-state index is -4.32. The first-order chi connectivity index (χ1) is 13.8. The average Bonchev–Trinajstić information content (AvgIpc) is 2.70. The highest BCUT2D eigenvalue weighted by molar-refractivity contribution is 7.93. The Morgan fingerprint density at radius 3 is 2.48 bits per heavy atom. The molecule has 5 nitrogen and oxygen atoms in total. The number of sulfone groups is 1. The number of allylic oxidation sites excluding steroid dienone is 2. The number of unbranched alkanes of at least 4 members (excludes halogenated alkanes) is 3. The fourth-order valence-corrected chi connectivity index (χ4v) is 4.98. The smallest absolute Gasteiger partial charge is 0.326 e. The van der Waals surface area contributed by atoms with Gasteiger partial charge in [0.15, 0.2) is 14.6 Å². The van der Waals surface area contributed by atoms with E-state index >= 15 is 0 Å². The number of hydrogen-bond donors (Lipinski definition) is 1. The van der Waals surface area contributed by atoms with Crippen molar-refractivity contribution in [2.24, 2.45) is 0 Å². The van der Waals surface area contributed by atoms with Crippen LogP contribution in [0, 0.1) is 5.82 Å². The Balaban J connectivity index is 2.46. The predicted octanol–water partition coefficient (Wildman–Crippen LogP) is 4.59. The summed E-state index contributed by atoms with van der Waals surface area (Å²) >= 11 is 0. The topological polar surface area (TPSA) is 84.3 Å². The van der Waals surface area contributed by atoms with E-state index in [2.05, 4.69) is 11.9 Å². The molecule has 1 heterocycles. The molecule has 0 aliphatic rings. The zero-order chi connectivity index (χ0) is 21.3. The zero-order valence-corrected chi connectivity index (χ0v) is 17.2. The van der Waals surface area contributed by atoms with Crippen LogP contribution >= 0.6 is 0 Å². The summed E-state index contributed by atoms with van der Waals surface area (Å²) in [6.07, 6.45) is 9.85. The minimum Gasteiger partial charge on any atom is -0.480 e. The monoisotopic (exact) mass is 419 g/mol. The van der Waals surface area contributed by atoms with Crippen LogP contribution in [0.3, 0.4) is 0 Å². The van der Waals surface area contributed by atoms with Gasteiger partial charge in [0.1, 0.15) is 5.82 Å². The van der Waals surface area contributed by atoms with Crippen molar-refractivity contribution in [2.45, 2.75) is 55.1 Å². The Morgan fingerprint density at radius 2 is 1.90 bits per heavy atom. The largest absolute Gasteiger partial charge is 0.480 e. The highest BCUT2D eigenvalue weighted by atomic mass is 32.2. The highest BCUT2D eigenvalue weighted by Gasteiger charge is 2.51. The molecule has 2 aromatic rings. The standard InChI is InChI=1S/C22H26FNO4S/c1-2-3-4-5-6-7-14-22(21(25)26,16-18-9-8-15-24-17-18)29(27,28)20-12-10-19(23)11-13-20/h6-13,15,17H,2-5,14,16H2,1H3,(H,25,26). The van der Waals surface area contributed by atoms with Crippen molar-refractivity contribution < 1.29 is 22.7 Å². The molecule has 7 heteroatoms. The third kappa shape index (κ3) is 5.50. The molecule has 0 aliphatic carbocycles. The number of halogens is 1. The number of aliphatic carboxylic acids is 1. The first-order valence-corrected chi connectivity index (χ1v) is 11.1. The van der Waals surface area contributed by atoms with Gasteiger partial charge in [-0.25, -0.2) is 12.8 Å². The van der Waals surface area contributed by atoms with Crippen LogP contribution in [-0.4, -0.2) is 29.2 Å². The third-order valence-corrected chi connectivity index (χ3v) is 7.24. The van der Waals surface area contributed by atoms with Crippen LogP contribution in [-0.2, 0) is 21.1 Å². The number of carbonyl (C=O) groups is 1. The second-order valence-electron chi connectivity index (χ2n) is 6.97. The van der Waals surface area contributed by atoms with Gasteiger partial charge in [-0.05, 0) is 55.2 Å². The van der Waals surface area contributed by atoms with Crippen LogP contribution in [0.15, 0.2) is 65.8 Å². The molecule has 156 valence electrons. The maximum Gasteiger partial charge on any atom is 0.326 e. The summed E-state index contributed by atoms with van der Waals surface area (Å²) in [6.45, 7) is 2.09. The van der Waals surface area contributed by atoms with Gasteiger partial charge in [0, 0.05) is 18.8 Å². The molecule has 2 rings (SSSR count). The van der Waals surface area contributed by atoms with Crippen molar-refractivity contribution >= 4 is 15.8 Å². The van der Waals surface area contributed by atoms with E-state index in [4.69, 9.17) is 0 Å². The first-order valence-electron chi connectivity index (χ1n) is 9.61. The van der Waals surface area contributed by atoms with E-state index in [0.29, 0.717) is 5.56 Å². The Bertz CT molecular complexity index is 927. The van der Waals surface area contributed by atoms with E-state index in [9.17, 15) is 22.7 Å². The molecule has 29 heavy (non-hydrogen) atoms. The van der Waals surface area contributed by atoms with Gasteiger partial charge in [-0.1, -0.05) is 38.0 Å². The SMILES string of the molecule is CCCCCC=CCC(Cc1cccnc1)(C(=O)O)S(=O)(=O)c1ccc(F)cc1. The van der Waals surface area contributed by atoms with Crippen LogP contribution < -0.4 is 0 Å². The minimum absolute atomic E-state index is 0.191. The predicted molar refractivity (Wildman–Crippen MR) is 110 cm³/mol. The number of benzene rings is 1. The van der Waals surface area contributed by atoms with E-state index < -0.39 is 26.4 Å². The Labute approximate surface area is 171 Å². The van der Waals surface area contributed by atoms with Crippen molar-refractivity contribution in [2.75, 3.05) is 0 Å². The van der Waals surface area contributed by atoms with Crippen molar-refractivity contribution in [3.63, 3.8) is 0 Å². The van der Waals surface area contributed by atoms with Crippen LogP contribution in [0.2, 0.25) is 0 Å². The molecular formula is C22H26FNO4S. The van der Waals surface area contributed by atoms with E-state index in [1.807, 2.05) is 6.08 Å². The molecule has 0 aliphatic heterocycles. The lowest BCUT2D eigenvalue weighted by Crippen LogP contribution is -2.48. The van der Waals surface area contributed by atoms with E-state index in [-0.39, 0.29) is 17.7 Å². The number of pyridine rings is 1. The van der Waals surface area contributed by atoms with E-state index in [1.165, 1.54) is 12.4 Å². The lowest BCUT2D eigenvalue weighted by molar-refractivity contribution is -0.140. The van der Waals surface area contributed by atoms with E-state index in [1.54, 1.807) is 18.2 Å². The van der Waals surface area contributed by atoms with Crippen molar-refractivity contribution in [3.8, 4) is 0 Å². The van der Waals surface area contributed by atoms with Gasteiger partial charge in [0.2, 0.25) is 0 Å². The summed E-state index contributed by atoms with van der Waals surface area (Å²) in [7, 11) is -4.32. The van der Waals surface area contributed by atoms with Crippen molar-refractivity contribution in [1.82, 2.24) is 4.98 Å². The maximum atomic E-state index is 13.4.